The molecular weight excluding hydrogens is 284 g/mol. The van der Waals surface area contributed by atoms with Crippen LogP contribution < -0.4 is 10.3 Å². The lowest BCUT2D eigenvalue weighted by Crippen LogP contribution is -2.40. The van der Waals surface area contributed by atoms with Crippen LogP contribution in [0.3, 0.4) is 0 Å². The standard InChI is InChI=1S/C15H12N4O3/c20-13-10-22-15(14(21)17-11-6-8-16-9-7-11)18-19(13)12-4-2-1-3-5-12/h1-9H,10H2,(H,16,17,21). The minimum atomic E-state index is -0.528. The van der Waals surface area contributed by atoms with Gasteiger partial charge in [0, 0.05) is 18.1 Å². The Morgan fingerprint density at radius 1 is 1.14 bits per heavy atom. The van der Waals surface area contributed by atoms with Crippen molar-refractivity contribution in [1.82, 2.24) is 4.98 Å². The molecule has 110 valence electrons. The van der Waals surface area contributed by atoms with Gasteiger partial charge in [0.05, 0.1) is 5.69 Å². The molecule has 0 spiro atoms. The Bertz CT molecular complexity index is 716. The van der Waals surface area contributed by atoms with Crippen LogP contribution in [-0.2, 0) is 14.3 Å². The highest BCUT2D eigenvalue weighted by atomic mass is 16.5. The van der Waals surface area contributed by atoms with Crippen LogP contribution in [0.4, 0.5) is 11.4 Å². The van der Waals surface area contributed by atoms with Crippen molar-refractivity contribution in [3.05, 3.63) is 54.9 Å². The largest absolute Gasteiger partial charge is 0.463 e. The molecule has 1 aromatic carbocycles. The first kappa shape index (κ1) is 13.7. The van der Waals surface area contributed by atoms with Crippen molar-refractivity contribution in [2.24, 2.45) is 5.10 Å². The normalized spacial score (nSPS) is 14.1. The maximum Gasteiger partial charge on any atom is 0.312 e. The summed E-state index contributed by atoms with van der Waals surface area (Å²) < 4.78 is 5.11. The SMILES string of the molecule is O=C(Nc1ccncc1)C1=NN(c2ccccc2)C(=O)CO1. The van der Waals surface area contributed by atoms with E-state index in [9.17, 15) is 9.59 Å². The molecular formula is C15H12N4O3. The van der Waals surface area contributed by atoms with Gasteiger partial charge in [-0.2, -0.15) is 5.01 Å². The summed E-state index contributed by atoms with van der Waals surface area (Å²) in [6.07, 6.45) is 3.11. The third-order valence-corrected chi connectivity index (χ3v) is 2.89. The monoisotopic (exact) mass is 296 g/mol. The van der Waals surface area contributed by atoms with Crippen LogP contribution in [0.25, 0.3) is 0 Å². The van der Waals surface area contributed by atoms with Crippen molar-refractivity contribution in [2.45, 2.75) is 0 Å². The molecule has 3 rings (SSSR count). The predicted octanol–water partition coefficient (Wildman–Crippen LogP) is 1.40. The van der Waals surface area contributed by atoms with Crippen LogP contribution in [0.2, 0.25) is 0 Å². The highest BCUT2D eigenvalue weighted by Gasteiger charge is 2.27. The van der Waals surface area contributed by atoms with Crippen LogP contribution in [0.15, 0.2) is 60.0 Å². The highest BCUT2D eigenvalue weighted by Crippen LogP contribution is 2.17. The Kier molecular flexibility index (Phi) is 3.78. The van der Waals surface area contributed by atoms with Gasteiger partial charge in [-0.25, -0.2) is 0 Å². The van der Waals surface area contributed by atoms with Gasteiger partial charge in [-0.05, 0) is 24.3 Å². The highest BCUT2D eigenvalue weighted by molar-refractivity contribution is 6.40. The fourth-order valence-corrected chi connectivity index (χ4v) is 1.87. The minimum Gasteiger partial charge on any atom is -0.463 e. The van der Waals surface area contributed by atoms with E-state index in [0.717, 1.165) is 5.01 Å². The van der Waals surface area contributed by atoms with Gasteiger partial charge >= 0.3 is 5.91 Å². The van der Waals surface area contributed by atoms with Crippen molar-refractivity contribution in [3.63, 3.8) is 0 Å². The first-order valence-corrected chi connectivity index (χ1v) is 6.55. The van der Waals surface area contributed by atoms with Crippen LogP contribution in [-0.4, -0.2) is 29.3 Å². The summed E-state index contributed by atoms with van der Waals surface area (Å²) in [7, 11) is 0. The number of nitrogens with one attached hydrogen (secondary N) is 1. The third kappa shape index (κ3) is 2.93. The summed E-state index contributed by atoms with van der Waals surface area (Å²) in [6.45, 7) is -0.239. The van der Waals surface area contributed by atoms with Crippen molar-refractivity contribution >= 4 is 29.1 Å². The minimum absolute atomic E-state index is 0.166. The van der Waals surface area contributed by atoms with Crippen molar-refractivity contribution in [3.8, 4) is 0 Å². The lowest BCUT2D eigenvalue weighted by Gasteiger charge is -2.23. The van der Waals surface area contributed by atoms with Crippen molar-refractivity contribution in [2.75, 3.05) is 16.9 Å². The third-order valence-electron chi connectivity index (χ3n) is 2.89. The molecule has 1 aromatic heterocycles. The van der Waals surface area contributed by atoms with Gasteiger partial charge in [-0.15, -0.1) is 5.10 Å². The number of benzene rings is 1. The number of hydrogen-bond donors (Lipinski definition) is 1. The van der Waals surface area contributed by atoms with Crippen LogP contribution in [0.5, 0.6) is 0 Å². The smallest absolute Gasteiger partial charge is 0.312 e. The first-order valence-electron chi connectivity index (χ1n) is 6.55. The lowest BCUT2D eigenvalue weighted by molar-refractivity contribution is -0.122. The van der Waals surface area contributed by atoms with Gasteiger partial charge in [-0.3, -0.25) is 14.6 Å². The number of pyridine rings is 1. The molecule has 0 radical (unpaired) electrons. The number of amides is 2. The zero-order valence-electron chi connectivity index (χ0n) is 11.5. The zero-order valence-corrected chi connectivity index (χ0v) is 11.5. The van der Waals surface area contributed by atoms with Crippen LogP contribution in [0.1, 0.15) is 0 Å². The summed E-state index contributed by atoms with van der Waals surface area (Å²) in [5, 5.41) is 7.76. The molecule has 7 heteroatoms. The fourth-order valence-electron chi connectivity index (χ4n) is 1.87. The number of hydrogen-bond acceptors (Lipinski definition) is 5. The number of ether oxygens (including phenoxy) is 1. The van der Waals surface area contributed by atoms with Crippen molar-refractivity contribution < 1.29 is 14.3 Å². The second kappa shape index (κ2) is 6.04. The van der Waals surface area contributed by atoms with Crippen molar-refractivity contribution in [1.29, 1.82) is 0 Å². The van der Waals surface area contributed by atoms with E-state index in [2.05, 4.69) is 15.4 Å². The quantitative estimate of drug-likeness (QED) is 0.928. The average molecular weight is 296 g/mol. The molecule has 0 atom stereocenters. The first-order chi connectivity index (χ1) is 10.7. The molecule has 0 saturated carbocycles. The van der Waals surface area contributed by atoms with E-state index in [1.54, 1.807) is 48.8 Å². The van der Waals surface area contributed by atoms with E-state index in [4.69, 9.17) is 4.74 Å². The second-order valence-electron chi connectivity index (χ2n) is 4.42. The molecule has 1 aliphatic heterocycles. The van der Waals surface area contributed by atoms with Gasteiger partial charge in [0.2, 0.25) is 0 Å². The van der Waals surface area contributed by atoms with Gasteiger partial charge < -0.3 is 10.1 Å². The number of aromatic nitrogens is 1. The number of carbonyl (C=O) groups excluding carboxylic acids is 2. The maximum atomic E-state index is 12.1. The van der Waals surface area contributed by atoms with E-state index in [0.29, 0.717) is 11.4 Å². The topological polar surface area (TPSA) is 83.9 Å². The lowest BCUT2D eigenvalue weighted by atomic mass is 10.3. The molecule has 0 aliphatic carbocycles. The summed E-state index contributed by atoms with van der Waals surface area (Å²) in [6, 6.07) is 12.1. The summed E-state index contributed by atoms with van der Waals surface area (Å²) in [4.78, 5) is 27.9. The average Bonchev–Trinajstić information content (AvgIpc) is 2.57. The van der Waals surface area contributed by atoms with Crippen LogP contribution in [0, 0.1) is 0 Å². The Morgan fingerprint density at radius 3 is 2.59 bits per heavy atom. The fraction of sp³-hybridized carbons (Fsp3) is 0.0667. The molecule has 0 unspecified atom stereocenters. The molecule has 2 amide bonds. The molecule has 7 nitrogen and oxygen atoms in total. The maximum absolute atomic E-state index is 12.1. The number of para-hydroxylation sites is 1. The number of anilines is 2. The Labute approximate surface area is 126 Å². The number of rotatable bonds is 3. The summed E-state index contributed by atoms with van der Waals surface area (Å²) in [5.74, 6) is -1.04. The molecule has 0 saturated heterocycles. The molecule has 2 aromatic rings. The Balaban J connectivity index is 1.81. The summed E-state index contributed by atoms with van der Waals surface area (Å²) in [5.41, 5.74) is 1.14. The van der Waals surface area contributed by atoms with Gasteiger partial charge in [0.15, 0.2) is 6.61 Å². The zero-order chi connectivity index (χ0) is 15.4. The van der Waals surface area contributed by atoms with Gasteiger partial charge in [-0.1, -0.05) is 18.2 Å². The van der Waals surface area contributed by atoms with E-state index >= 15 is 0 Å². The molecule has 22 heavy (non-hydrogen) atoms. The molecule has 0 fully saturated rings. The Hall–Kier alpha value is -3.22. The summed E-state index contributed by atoms with van der Waals surface area (Å²) >= 11 is 0. The van der Waals surface area contributed by atoms with E-state index < -0.39 is 5.91 Å². The molecule has 1 aliphatic rings. The second-order valence-corrected chi connectivity index (χ2v) is 4.42. The van der Waals surface area contributed by atoms with Gasteiger partial charge in [0.25, 0.3) is 11.8 Å². The Morgan fingerprint density at radius 2 is 1.86 bits per heavy atom. The number of hydrazone groups is 1. The number of carbonyl (C=O) groups is 2. The predicted molar refractivity (Wildman–Crippen MR) is 80.2 cm³/mol. The molecule has 2 heterocycles. The molecule has 0 bridgehead atoms. The van der Waals surface area contributed by atoms with E-state index in [1.165, 1.54) is 0 Å². The van der Waals surface area contributed by atoms with E-state index in [1.807, 2.05) is 6.07 Å². The van der Waals surface area contributed by atoms with E-state index in [-0.39, 0.29) is 18.4 Å². The van der Waals surface area contributed by atoms with Crippen LogP contribution >= 0.6 is 0 Å². The van der Waals surface area contributed by atoms with Gasteiger partial charge in [0.1, 0.15) is 0 Å². The number of nitrogens with zero attached hydrogens (tertiary/aromatic N) is 3. The molecule has 1 N–H and O–H groups in total.